The molecule has 5 rings (SSSR count). The largest absolute Gasteiger partial charge is 0.495 e. The summed E-state index contributed by atoms with van der Waals surface area (Å²) in [6.45, 7) is 1.94. The number of aromatic nitrogens is 3. The van der Waals surface area contributed by atoms with Gasteiger partial charge in [0, 0.05) is 23.9 Å². The second-order valence-electron chi connectivity index (χ2n) is 7.57. The van der Waals surface area contributed by atoms with Crippen molar-refractivity contribution in [2.75, 3.05) is 7.11 Å². The Morgan fingerprint density at radius 1 is 1.06 bits per heavy atom. The Hall–Kier alpha value is -3.93. The Morgan fingerprint density at radius 2 is 1.87 bits per heavy atom. The summed E-state index contributed by atoms with van der Waals surface area (Å²) in [5.74, 6) is 0.352. The third-order valence-corrected chi connectivity index (χ3v) is 5.48. The Balaban J connectivity index is 1.42. The van der Waals surface area contributed by atoms with Gasteiger partial charge in [0.25, 0.3) is 5.91 Å². The molecule has 0 fully saturated rings. The molecule has 31 heavy (non-hydrogen) atoms. The number of halogens is 1. The normalized spacial score (nSPS) is 12.7. The lowest BCUT2D eigenvalue weighted by atomic mass is 10.0. The molecule has 4 aromatic rings. The van der Waals surface area contributed by atoms with Crippen molar-refractivity contribution in [1.29, 1.82) is 0 Å². The first-order chi connectivity index (χ1) is 15.0. The number of hydrogen-bond donors (Lipinski definition) is 0. The Morgan fingerprint density at radius 3 is 2.58 bits per heavy atom. The third-order valence-electron chi connectivity index (χ3n) is 5.48. The molecule has 3 heterocycles. The van der Waals surface area contributed by atoms with Crippen molar-refractivity contribution in [3.8, 4) is 22.7 Å². The topological polar surface area (TPSA) is 49.0 Å². The summed E-state index contributed by atoms with van der Waals surface area (Å²) in [4.78, 5) is 17.4. The van der Waals surface area contributed by atoms with Crippen LogP contribution < -0.4 is 4.74 Å². The molecular weight excluding hydrogens is 393 g/mol. The van der Waals surface area contributed by atoms with Crippen molar-refractivity contribution in [3.05, 3.63) is 95.5 Å². The SMILES string of the molecule is COc1cc(CC2=Cc3ccc(-c4ccc(F)cc4)n3C2=O)ccc1-n1cnc(C)c1. The van der Waals surface area contributed by atoms with E-state index in [1.54, 1.807) is 30.1 Å². The molecule has 2 aromatic carbocycles. The maximum absolute atomic E-state index is 13.3. The Bertz CT molecular complexity index is 1330. The van der Waals surface area contributed by atoms with Gasteiger partial charge >= 0.3 is 0 Å². The number of rotatable bonds is 5. The van der Waals surface area contributed by atoms with Crippen LogP contribution in [0.3, 0.4) is 0 Å². The summed E-state index contributed by atoms with van der Waals surface area (Å²) in [6.07, 6.45) is 6.09. The molecule has 0 atom stereocenters. The average Bonchev–Trinajstić information content (AvgIpc) is 3.46. The van der Waals surface area contributed by atoms with E-state index < -0.39 is 0 Å². The standard InChI is InChI=1S/C25H20FN3O2/c1-16-14-28(15-27-16)23-9-3-17(12-24(23)31-2)11-19-13-21-8-10-22(29(21)25(19)30)18-4-6-20(26)7-5-18/h3-10,12-15H,11H2,1-2H3. The highest BCUT2D eigenvalue weighted by Gasteiger charge is 2.25. The molecule has 0 bridgehead atoms. The van der Waals surface area contributed by atoms with Crippen LogP contribution in [0.1, 0.15) is 21.7 Å². The highest BCUT2D eigenvalue weighted by Crippen LogP contribution is 2.32. The van der Waals surface area contributed by atoms with Gasteiger partial charge < -0.3 is 9.30 Å². The number of nitrogens with zero attached hydrogens (tertiary/aromatic N) is 3. The van der Waals surface area contributed by atoms with Gasteiger partial charge in [0.2, 0.25) is 0 Å². The highest BCUT2D eigenvalue weighted by atomic mass is 19.1. The van der Waals surface area contributed by atoms with Gasteiger partial charge in [-0.05, 0) is 72.7 Å². The average molecular weight is 413 g/mol. The summed E-state index contributed by atoms with van der Waals surface area (Å²) in [5, 5.41) is 0. The van der Waals surface area contributed by atoms with Crippen molar-refractivity contribution < 1.29 is 13.9 Å². The summed E-state index contributed by atoms with van der Waals surface area (Å²) in [6, 6.07) is 15.9. The van der Waals surface area contributed by atoms with Crippen LogP contribution in [0, 0.1) is 12.7 Å². The van der Waals surface area contributed by atoms with Crippen LogP contribution in [0.4, 0.5) is 4.39 Å². The minimum Gasteiger partial charge on any atom is -0.495 e. The van der Waals surface area contributed by atoms with Gasteiger partial charge in [0.15, 0.2) is 0 Å². The van der Waals surface area contributed by atoms with E-state index in [1.165, 1.54) is 12.1 Å². The fourth-order valence-corrected chi connectivity index (χ4v) is 3.97. The van der Waals surface area contributed by atoms with E-state index in [1.807, 2.05) is 54.1 Å². The number of hydrogen-bond acceptors (Lipinski definition) is 3. The highest BCUT2D eigenvalue weighted by molar-refractivity contribution is 6.07. The monoisotopic (exact) mass is 413 g/mol. The number of carbonyl (C=O) groups is 1. The predicted molar refractivity (Wildman–Crippen MR) is 117 cm³/mol. The maximum Gasteiger partial charge on any atom is 0.259 e. The zero-order valence-electron chi connectivity index (χ0n) is 17.2. The summed E-state index contributed by atoms with van der Waals surface area (Å²) in [7, 11) is 1.63. The van der Waals surface area contributed by atoms with Crippen LogP contribution in [0.5, 0.6) is 5.75 Å². The fourth-order valence-electron chi connectivity index (χ4n) is 3.97. The molecule has 1 aliphatic heterocycles. The quantitative estimate of drug-likeness (QED) is 0.459. The van der Waals surface area contributed by atoms with Gasteiger partial charge in [0.1, 0.15) is 11.6 Å². The molecule has 0 N–H and O–H groups in total. The first-order valence-electron chi connectivity index (χ1n) is 9.94. The Labute approximate surface area is 179 Å². The van der Waals surface area contributed by atoms with Crippen LogP contribution >= 0.6 is 0 Å². The molecule has 2 aromatic heterocycles. The number of carbonyl (C=O) groups excluding carboxylic acids is 1. The zero-order chi connectivity index (χ0) is 21.5. The lowest BCUT2D eigenvalue weighted by Gasteiger charge is -2.12. The molecule has 0 unspecified atom stereocenters. The number of fused-ring (bicyclic) bond motifs is 1. The number of imidazole rings is 1. The smallest absolute Gasteiger partial charge is 0.259 e. The fraction of sp³-hybridized carbons (Fsp3) is 0.120. The van der Waals surface area contributed by atoms with Gasteiger partial charge in [-0.2, -0.15) is 0 Å². The summed E-state index contributed by atoms with van der Waals surface area (Å²) in [5.41, 5.74) is 5.89. The molecule has 1 aliphatic rings. The maximum atomic E-state index is 13.3. The van der Waals surface area contributed by atoms with E-state index in [9.17, 15) is 9.18 Å². The molecule has 6 heteroatoms. The summed E-state index contributed by atoms with van der Waals surface area (Å²) < 4.78 is 22.5. The molecule has 0 amide bonds. The molecule has 0 aliphatic carbocycles. The Kier molecular flexibility index (Phi) is 4.55. The number of aryl methyl sites for hydroxylation is 1. The number of methoxy groups -OCH3 is 1. The second-order valence-corrected chi connectivity index (χ2v) is 7.57. The first kappa shape index (κ1) is 19.1. The number of allylic oxidation sites excluding steroid dienone is 1. The van der Waals surface area contributed by atoms with Crippen molar-refractivity contribution in [3.63, 3.8) is 0 Å². The molecule has 0 saturated heterocycles. The van der Waals surface area contributed by atoms with Crippen molar-refractivity contribution >= 4 is 12.0 Å². The lowest BCUT2D eigenvalue weighted by molar-refractivity contribution is 0.0961. The minimum absolute atomic E-state index is 0.0624. The van der Waals surface area contributed by atoms with E-state index in [-0.39, 0.29) is 11.7 Å². The third kappa shape index (κ3) is 3.36. The van der Waals surface area contributed by atoms with Gasteiger partial charge in [-0.1, -0.05) is 6.07 Å². The van der Waals surface area contributed by atoms with Crippen molar-refractivity contribution in [1.82, 2.24) is 14.1 Å². The zero-order valence-corrected chi connectivity index (χ0v) is 17.2. The molecular formula is C25H20FN3O2. The van der Waals surface area contributed by atoms with Crippen molar-refractivity contribution in [2.45, 2.75) is 13.3 Å². The second kappa shape index (κ2) is 7.40. The van der Waals surface area contributed by atoms with E-state index in [2.05, 4.69) is 4.98 Å². The van der Waals surface area contributed by atoms with Gasteiger partial charge in [-0.15, -0.1) is 0 Å². The predicted octanol–water partition coefficient (Wildman–Crippen LogP) is 5.08. The summed E-state index contributed by atoms with van der Waals surface area (Å²) >= 11 is 0. The van der Waals surface area contributed by atoms with Crippen LogP contribution in [0.25, 0.3) is 23.0 Å². The molecule has 154 valence electrons. The van der Waals surface area contributed by atoms with Crippen LogP contribution in [-0.4, -0.2) is 27.1 Å². The van der Waals surface area contributed by atoms with E-state index in [0.717, 1.165) is 33.9 Å². The number of benzene rings is 2. The minimum atomic E-state index is -0.301. The molecule has 0 spiro atoms. The van der Waals surface area contributed by atoms with E-state index in [0.29, 0.717) is 17.7 Å². The lowest BCUT2D eigenvalue weighted by Crippen LogP contribution is -2.12. The molecule has 0 radical (unpaired) electrons. The first-order valence-corrected chi connectivity index (χ1v) is 9.94. The van der Waals surface area contributed by atoms with Crippen molar-refractivity contribution in [2.24, 2.45) is 0 Å². The number of ether oxygens (including phenoxy) is 1. The molecule has 0 saturated carbocycles. The molecule has 5 nitrogen and oxygen atoms in total. The van der Waals surface area contributed by atoms with Gasteiger partial charge in [0.05, 0.1) is 30.5 Å². The van der Waals surface area contributed by atoms with Crippen LogP contribution in [0.2, 0.25) is 0 Å². The van der Waals surface area contributed by atoms with E-state index >= 15 is 0 Å². The van der Waals surface area contributed by atoms with E-state index in [4.69, 9.17) is 4.74 Å². The van der Waals surface area contributed by atoms with Crippen LogP contribution in [0.15, 0.2) is 72.7 Å². The van der Waals surface area contributed by atoms with Crippen LogP contribution in [-0.2, 0) is 6.42 Å². The van der Waals surface area contributed by atoms with Gasteiger partial charge in [-0.25, -0.2) is 9.37 Å². The van der Waals surface area contributed by atoms with Gasteiger partial charge in [-0.3, -0.25) is 9.36 Å².